The van der Waals surface area contributed by atoms with Gasteiger partial charge in [-0.15, -0.1) is 10.2 Å². The number of carbonyl (C=O) groups is 1. The number of halogens is 1. The van der Waals surface area contributed by atoms with Gasteiger partial charge in [0, 0.05) is 29.2 Å². The molecule has 0 spiro atoms. The minimum Gasteiger partial charge on any atom is -0.411 e. The molecule has 1 unspecified atom stereocenters. The fraction of sp³-hybridized carbons (Fsp3) is 0.318. The van der Waals surface area contributed by atoms with Gasteiger partial charge in [0.1, 0.15) is 0 Å². The number of ketones is 1. The Morgan fingerprint density at radius 1 is 1.09 bits per heavy atom. The van der Waals surface area contributed by atoms with Gasteiger partial charge in [0.05, 0.1) is 10.1 Å². The van der Waals surface area contributed by atoms with Gasteiger partial charge >= 0.3 is 0 Å². The number of aromatic nitrogens is 2. The molecule has 1 saturated heterocycles. The molecule has 0 N–H and O–H groups in total. The van der Waals surface area contributed by atoms with Gasteiger partial charge in [-0.05, 0) is 62.2 Å². The fourth-order valence-corrected chi connectivity index (χ4v) is 5.92. The van der Waals surface area contributed by atoms with Crippen LogP contribution in [0.5, 0.6) is 0 Å². The second kappa shape index (κ2) is 9.74. The molecule has 168 valence electrons. The Morgan fingerprint density at radius 2 is 1.81 bits per heavy atom. The Bertz CT molecular complexity index is 1210. The van der Waals surface area contributed by atoms with Gasteiger partial charge in [0.25, 0.3) is 5.22 Å². The summed E-state index contributed by atoms with van der Waals surface area (Å²) in [5, 5.41) is 8.41. The number of sulfonamides is 1. The van der Waals surface area contributed by atoms with Crippen LogP contribution in [-0.4, -0.2) is 47.0 Å². The summed E-state index contributed by atoms with van der Waals surface area (Å²) >= 11 is 7.03. The smallest absolute Gasteiger partial charge is 0.277 e. The van der Waals surface area contributed by atoms with Gasteiger partial charge in [0.15, 0.2) is 5.78 Å². The molecule has 0 saturated carbocycles. The zero-order chi connectivity index (χ0) is 22.7. The monoisotopic (exact) mass is 491 g/mol. The van der Waals surface area contributed by atoms with Crippen LogP contribution in [0.3, 0.4) is 0 Å². The van der Waals surface area contributed by atoms with Crippen molar-refractivity contribution in [3.8, 4) is 11.5 Å². The minimum atomic E-state index is -3.57. The molecule has 0 radical (unpaired) electrons. The summed E-state index contributed by atoms with van der Waals surface area (Å²) in [4.78, 5) is 12.8. The lowest BCUT2D eigenvalue weighted by Gasteiger charge is -2.25. The lowest BCUT2D eigenvalue weighted by atomic mass is 10.1. The van der Waals surface area contributed by atoms with Crippen molar-refractivity contribution in [3.63, 3.8) is 0 Å². The molecule has 1 atom stereocenters. The van der Waals surface area contributed by atoms with E-state index in [1.54, 1.807) is 55.5 Å². The topological polar surface area (TPSA) is 93.4 Å². The first-order valence-electron chi connectivity index (χ1n) is 10.2. The average molecular weight is 492 g/mol. The van der Waals surface area contributed by atoms with Gasteiger partial charge in [-0.1, -0.05) is 35.9 Å². The third-order valence-corrected chi connectivity index (χ3v) is 8.30. The van der Waals surface area contributed by atoms with Crippen molar-refractivity contribution in [1.29, 1.82) is 0 Å². The summed E-state index contributed by atoms with van der Waals surface area (Å²) in [5.41, 5.74) is 1.06. The molecule has 1 aliphatic rings. The molecule has 2 heterocycles. The molecule has 1 fully saturated rings. The van der Waals surface area contributed by atoms with Crippen LogP contribution < -0.4 is 0 Å². The first kappa shape index (κ1) is 23.0. The number of hydrogen-bond donors (Lipinski definition) is 0. The molecular weight excluding hydrogens is 470 g/mol. The number of hydrogen-bond acceptors (Lipinski definition) is 7. The molecule has 0 aliphatic carbocycles. The highest BCUT2D eigenvalue weighted by atomic mass is 35.5. The maximum atomic E-state index is 13.0. The highest BCUT2D eigenvalue weighted by Crippen LogP contribution is 2.30. The van der Waals surface area contributed by atoms with Crippen LogP contribution in [0.2, 0.25) is 5.02 Å². The summed E-state index contributed by atoms with van der Waals surface area (Å²) in [7, 11) is -3.57. The van der Waals surface area contributed by atoms with Crippen molar-refractivity contribution in [3.05, 3.63) is 59.1 Å². The SMILES string of the molecule is CC(Sc1nnc(-c2cccc(S(=O)(=O)N3CCCCC3)c2)o1)C(=O)c1ccc(Cl)cc1. The van der Waals surface area contributed by atoms with Gasteiger partial charge in [0.2, 0.25) is 15.9 Å². The molecule has 1 aromatic heterocycles. The van der Waals surface area contributed by atoms with Crippen molar-refractivity contribution in [2.24, 2.45) is 0 Å². The zero-order valence-electron chi connectivity index (χ0n) is 17.4. The number of rotatable bonds is 7. The maximum absolute atomic E-state index is 13.0. The Hall–Kier alpha value is -2.20. The van der Waals surface area contributed by atoms with E-state index in [9.17, 15) is 13.2 Å². The van der Waals surface area contributed by atoms with E-state index < -0.39 is 15.3 Å². The fourth-order valence-electron chi connectivity index (χ4n) is 3.47. The number of thioether (sulfide) groups is 1. The molecule has 10 heteroatoms. The van der Waals surface area contributed by atoms with Crippen LogP contribution >= 0.6 is 23.4 Å². The van der Waals surface area contributed by atoms with Crippen LogP contribution in [0.15, 0.2) is 63.1 Å². The zero-order valence-corrected chi connectivity index (χ0v) is 19.8. The quantitative estimate of drug-likeness (QED) is 0.341. The second-order valence-electron chi connectivity index (χ2n) is 7.50. The Labute approximate surface area is 196 Å². The molecular formula is C22H22ClN3O4S2. The van der Waals surface area contributed by atoms with Crippen LogP contribution in [0.1, 0.15) is 36.5 Å². The highest BCUT2D eigenvalue weighted by Gasteiger charge is 2.27. The molecule has 0 amide bonds. The van der Waals surface area contributed by atoms with Crippen LogP contribution in [-0.2, 0) is 10.0 Å². The average Bonchev–Trinajstić information content (AvgIpc) is 3.28. The third-order valence-electron chi connectivity index (χ3n) is 5.22. The standard InChI is InChI=1S/C22H22ClN3O4S2/c1-15(20(27)16-8-10-18(23)11-9-16)31-22-25-24-21(30-22)17-6-5-7-19(14-17)32(28,29)26-12-3-2-4-13-26/h5-11,14-15H,2-4,12-13H2,1H3. The summed E-state index contributed by atoms with van der Waals surface area (Å²) in [5.74, 6) is 0.121. The van der Waals surface area contributed by atoms with E-state index in [2.05, 4.69) is 10.2 Å². The summed E-state index contributed by atoms with van der Waals surface area (Å²) in [6.07, 6.45) is 2.79. The third kappa shape index (κ3) is 5.06. The Balaban J connectivity index is 1.49. The molecule has 7 nitrogen and oxygen atoms in total. The molecule has 3 aromatic rings. The van der Waals surface area contributed by atoms with E-state index in [0.29, 0.717) is 29.2 Å². The van der Waals surface area contributed by atoms with E-state index in [4.69, 9.17) is 16.0 Å². The van der Waals surface area contributed by atoms with Gasteiger partial charge in [-0.2, -0.15) is 4.31 Å². The lowest BCUT2D eigenvalue weighted by molar-refractivity contribution is 0.0993. The molecule has 0 bridgehead atoms. The van der Waals surface area contributed by atoms with Crippen molar-refractivity contribution in [2.45, 2.75) is 41.6 Å². The Kier molecular flexibility index (Phi) is 6.99. The number of piperidine rings is 1. The number of nitrogens with zero attached hydrogens (tertiary/aromatic N) is 3. The molecule has 2 aromatic carbocycles. The predicted molar refractivity (Wildman–Crippen MR) is 123 cm³/mol. The van der Waals surface area contributed by atoms with E-state index in [1.807, 2.05) is 0 Å². The van der Waals surface area contributed by atoms with Crippen molar-refractivity contribution < 1.29 is 17.6 Å². The Morgan fingerprint density at radius 3 is 2.53 bits per heavy atom. The lowest BCUT2D eigenvalue weighted by Crippen LogP contribution is -2.35. The van der Waals surface area contributed by atoms with Crippen LogP contribution in [0.25, 0.3) is 11.5 Å². The van der Waals surface area contributed by atoms with Crippen LogP contribution in [0.4, 0.5) is 0 Å². The molecule has 32 heavy (non-hydrogen) atoms. The largest absolute Gasteiger partial charge is 0.411 e. The van der Waals surface area contributed by atoms with E-state index >= 15 is 0 Å². The normalized spacial score (nSPS) is 16.1. The van der Waals surface area contributed by atoms with Gasteiger partial charge in [-0.25, -0.2) is 8.42 Å². The van der Waals surface area contributed by atoms with Crippen molar-refractivity contribution in [2.75, 3.05) is 13.1 Å². The van der Waals surface area contributed by atoms with Crippen molar-refractivity contribution >= 4 is 39.2 Å². The summed E-state index contributed by atoms with van der Waals surface area (Å²) in [6, 6.07) is 13.2. The summed E-state index contributed by atoms with van der Waals surface area (Å²) < 4.78 is 33.2. The molecule has 4 rings (SSSR count). The van der Waals surface area contributed by atoms with E-state index in [-0.39, 0.29) is 21.8 Å². The van der Waals surface area contributed by atoms with E-state index in [0.717, 1.165) is 31.0 Å². The van der Waals surface area contributed by atoms with Crippen molar-refractivity contribution in [1.82, 2.24) is 14.5 Å². The first-order valence-corrected chi connectivity index (χ1v) is 12.9. The maximum Gasteiger partial charge on any atom is 0.277 e. The minimum absolute atomic E-state index is 0.0824. The highest BCUT2D eigenvalue weighted by molar-refractivity contribution is 8.00. The number of carbonyl (C=O) groups excluding carboxylic acids is 1. The first-order chi connectivity index (χ1) is 15.3. The predicted octanol–water partition coefficient (Wildman–Crippen LogP) is 4.93. The summed E-state index contributed by atoms with van der Waals surface area (Å²) in [6.45, 7) is 2.83. The van der Waals surface area contributed by atoms with E-state index in [1.165, 1.54) is 4.31 Å². The number of benzene rings is 2. The van der Waals surface area contributed by atoms with Gasteiger partial charge in [-0.3, -0.25) is 4.79 Å². The second-order valence-corrected chi connectivity index (χ2v) is 11.2. The molecule has 1 aliphatic heterocycles. The van der Waals surface area contributed by atoms with Crippen LogP contribution in [0, 0.1) is 0 Å². The number of Topliss-reactive ketones (excluding diaryl/α,β-unsaturated/α-hetero) is 1. The van der Waals surface area contributed by atoms with Gasteiger partial charge < -0.3 is 4.42 Å².